The van der Waals surface area contributed by atoms with E-state index in [2.05, 4.69) is 26.8 Å². The van der Waals surface area contributed by atoms with Gasteiger partial charge in [0, 0.05) is 10.2 Å². The van der Waals surface area contributed by atoms with Crippen molar-refractivity contribution in [1.82, 2.24) is 0 Å². The highest BCUT2D eigenvalue weighted by Gasteiger charge is 2.26. The third-order valence-electron chi connectivity index (χ3n) is 3.97. The van der Waals surface area contributed by atoms with Crippen molar-refractivity contribution in [2.24, 2.45) is 5.41 Å². The summed E-state index contributed by atoms with van der Waals surface area (Å²) in [6.07, 6.45) is 13.1. The molecule has 0 aliphatic heterocycles. The van der Waals surface area contributed by atoms with E-state index in [9.17, 15) is 4.79 Å². The number of allylic oxidation sites excluding steroid dienone is 9. The largest absolute Gasteiger partial charge is 0.478 e. The first kappa shape index (κ1) is 13.8. The number of rotatable bonds is 5. The molecule has 0 saturated heterocycles. The molecule has 0 aromatic rings. The molecule has 0 bridgehead atoms. The molecule has 0 spiro atoms. The van der Waals surface area contributed by atoms with Crippen LogP contribution in [0, 0.1) is 5.41 Å². The summed E-state index contributed by atoms with van der Waals surface area (Å²) in [5, 5.41) is 8.77. The van der Waals surface area contributed by atoms with Crippen LogP contribution in [0.3, 0.4) is 0 Å². The highest BCUT2D eigenvalue weighted by Crippen LogP contribution is 2.40. The fourth-order valence-corrected chi connectivity index (χ4v) is 2.77. The van der Waals surface area contributed by atoms with E-state index in [1.54, 1.807) is 12.2 Å². The van der Waals surface area contributed by atoms with E-state index in [1.807, 2.05) is 13.0 Å². The van der Waals surface area contributed by atoms with Crippen molar-refractivity contribution >= 4 is 5.97 Å². The van der Waals surface area contributed by atoms with Crippen LogP contribution in [-0.4, -0.2) is 11.1 Å². The zero-order valence-electron chi connectivity index (χ0n) is 16.9. The predicted molar refractivity (Wildman–Crippen MR) is 93.8 cm³/mol. The normalized spacial score (nSPS) is 22.8. The highest BCUT2D eigenvalue weighted by atomic mass is 16.4. The number of carbonyl (C=O) groups is 1. The minimum Gasteiger partial charge on any atom is -0.478 e. The van der Waals surface area contributed by atoms with Gasteiger partial charge in [-0.05, 0) is 56.5 Å². The molecule has 0 aromatic heterocycles. The standard InChI is InChI=1S/C20H28O2/c1-15(8-6-9-16(2)14-19(21)22)11-12-18-17(3)10-7-13-20(18,4)5/h6,8-9,11-12,14H,7,10,13H2,1-5H3,(H,21,22)/b9-6+,12-11+,15-8+,16-14+/i2D3. The summed E-state index contributed by atoms with van der Waals surface area (Å²) >= 11 is 0. The molecular formula is C20H28O2. The van der Waals surface area contributed by atoms with Crippen LogP contribution in [0.5, 0.6) is 0 Å². The Balaban J connectivity index is 2.93. The van der Waals surface area contributed by atoms with Gasteiger partial charge >= 0.3 is 5.97 Å². The van der Waals surface area contributed by atoms with Crippen LogP contribution in [0.4, 0.5) is 0 Å². The lowest BCUT2D eigenvalue weighted by molar-refractivity contribution is -0.131. The zero-order chi connectivity index (χ0) is 19.3. The van der Waals surface area contributed by atoms with Crippen LogP contribution in [-0.2, 0) is 4.79 Å². The van der Waals surface area contributed by atoms with E-state index in [0.29, 0.717) is 0 Å². The summed E-state index contributed by atoms with van der Waals surface area (Å²) in [6.45, 7) is 6.18. The first-order chi connectivity index (χ1) is 11.4. The molecule has 0 amide bonds. The van der Waals surface area contributed by atoms with Crippen LogP contribution >= 0.6 is 0 Å². The minimum absolute atomic E-state index is 0.174. The predicted octanol–water partition coefficient (Wildman–Crippen LogP) is 5.60. The summed E-state index contributed by atoms with van der Waals surface area (Å²) in [5.41, 5.74) is 3.74. The van der Waals surface area contributed by atoms with Gasteiger partial charge < -0.3 is 5.11 Å². The van der Waals surface area contributed by atoms with Gasteiger partial charge in [-0.25, -0.2) is 4.79 Å². The van der Waals surface area contributed by atoms with E-state index < -0.39 is 12.8 Å². The Morgan fingerprint density at radius 3 is 2.64 bits per heavy atom. The van der Waals surface area contributed by atoms with Gasteiger partial charge in [0.15, 0.2) is 0 Å². The Bertz CT molecular complexity index is 657. The molecule has 0 unspecified atom stereocenters. The minimum atomic E-state index is -2.44. The third kappa shape index (κ3) is 5.88. The lowest BCUT2D eigenvalue weighted by atomic mass is 9.72. The number of carboxylic acid groups (broad SMARTS) is 1. The second-order valence-electron chi connectivity index (χ2n) is 6.47. The molecule has 0 heterocycles. The topological polar surface area (TPSA) is 37.3 Å². The fraction of sp³-hybridized carbons (Fsp3) is 0.450. The van der Waals surface area contributed by atoms with Gasteiger partial charge in [-0.3, -0.25) is 0 Å². The number of aliphatic carboxylic acids is 1. The lowest BCUT2D eigenvalue weighted by Crippen LogP contribution is -2.19. The van der Waals surface area contributed by atoms with Crippen molar-refractivity contribution in [2.75, 3.05) is 0 Å². The number of carboxylic acids is 1. The van der Waals surface area contributed by atoms with Crippen molar-refractivity contribution in [1.29, 1.82) is 0 Å². The van der Waals surface area contributed by atoms with Crippen LogP contribution in [0.1, 0.15) is 57.9 Å². The average molecular weight is 303 g/mol. The van der Waals surface area contributed by atoms with Gasteiger partial charge in [0.2, 0.25) is 0 Å². The molecule has 1 aliphatic carbocycles. The molecule has 120 valence electrons. The molecule has 0 radical (unpaired) electrons. The summed E-state index contributed by atoms with van der Waals surface area (Å²) in [4.78, 5) is 10.7. The van der Waals surface area contributed by atoms with Gasteiger partial charge in [0.25, 0.3) is 0 Å². The van der Waals surface area contributed by atoms with Crippen molar-refractivity contribution in [3.05, 3.63) is 58.7 Å². The monoisotopic (exact) mass is 303 g/mol. The molecule has 2 nitrogen and oxygen atoms in total. The van der Waals surface area contributed by atoms with Crippen LogP contribution in [0.25, 0.3) is 0 Å². The van der Waals surface area contributed by atoms with Gasteiger partial charge in [-0.1, -0.05) is 55.4 Å². The molecule has 22 heavy (non-hydrogen) atoms. The average Bonchev–Trinajstić information content (AvgIpc) is 2.43. The first-order valence-electron chi connectivity index (χ1n) is 9.12. The van der Waals surface area contributed by atoms with Gasteiger partial charge in [0.1, 0.15) is 0 Å². The molecule has 1 rings (SSSR count). The molecule has 0 atom stereocenters. The zero-order valence-corrected chi connectivity index (χ0v) is 13.9. The van der Waals surface area contributed by atoms with Crippen LogP contribution < -0.4 is 0 Å². The number of hydrogen-bond donors (Lipinski definition) is 1. The maximum atomic E-state index is 10.7. The Hall–Kier alpha value is -1.83. The maximum Gasteiger partial charge on any atom is 0.328 e. The summed E-state index contributed by atoms with van der Waals surface area (Å²) in [6, 6.07) is 0. The van der Waals surface area contributed by atoms with E-state index in [4.69, 9.17) is 9.22 Å². The fourth-order valence-electron chi connectivity index (χ4n) is 2.77. The van der Waals surface area contributed by atoms with Gasteiger partial charge in [0.05, 0.1) is 0 Å². The van der Waals surface area contributed by atoms with Crippen molar-refractivity contribution < 1.29 is 14.0 Å². The molecular weight excluding hydrogens is 272 g/mol. The Labute approximate surface area is 138 Å². The molecule has 2 heteroatoms. The Morgan fingerprint density at radius 2 is 2.05 bits per heavy atom. The highest BCUT2D eigenvalue weighted by molar-refractivity contribution is 5.81. The van der Waals surface area contributed by atoms with E-state index in [1.165, 1.54) is 30.1 Å². The van der Waals surface area contributed by atoms with E-state index in [0.717, 1.165) is 18.1 Å². The third-order valence-corrected chi connectivity index (χ3v) is 3.97. The molecule has 0 fully saturated rings. The summed E-state index contributed by atoms with van der Waals surface area (Å²) in [5.74, 6) is -1.27. The summed E-state index contributed by atoms with van der Waals surface area (Å²) < 4.78 is 22.1. The van der Waals surface area contributed by atoms with Crippen molar-refractivity contribution in [3.8, 4) is 0 Å². The molecule has 1 aliphatic rings. The second kappa shape index (κ2) is 7.98. The SMILES string of the molecule is [2H]C([2H])([2H])C(/C=C/C=C(C)/C=C/C1=C(C)CCCC1(C)C)=C\C(=O)O. The summed E-state index contributed by atoms with van der Waals surface area (Å²) in [7, 11) is 0. The second-order valence-corrected chi connectivity index (χ2v) is 6.47. The van der Waals surface area contributed by atoms with Crippen LogP contribution in [0.15, 0.2) is 58.7 Å². The quantitative estimate of drug-likeness (QED) is 0.530. The maximum absolute atomic E-state index is 10.7. The van der Waals surface area contributed by atoms with Crippen molar-refractivity contribution in [2.45, 2.75) is 53.8 Å². The first-order valence-corrected chi connectivity index (χ1v) is 7.62. The van der Waals surface area contributed by atoms with Crippen LogP contribution in [0.2, 0.25) is 0 Å². The lowest BCUT2D eigenvalue weighted by Gasteiger charge is -2.32. The van der Waals surface area contributed by atoms with E-state index >= 15 is 0 Å². The Kier molecular flexibility index (Phi) is 5.01. The van der Waals surface area contributed by atoms with Crippen molar-refractivity contribution in [3.63, 3.8) is 0 Å². The van der Waals surface area contributed by atoms with E-state index in [-0.39, 0.29) is 11.0 Å². The molecule has 0 aromatic carbocycles. The van der Waals surface area contributed by atoms with Gasteiger partial charge in [-0.15, -0.1) is 0 Å². The smallest absolute Gasteiger partial charge is 0.328 e. The molecule has 0 saturated carbocycles. The van der Waals surface area contributed by atoms with Gasteiger partial charge in [-0.2, -0.15) is 0 Å². The molecule has 1 N–H and O–H groups in total. The number of hydrogen-bond acceptors (Lipinski definition) is 1. The Morgan fingerprint density at radius 1 is 1.32 bits per heavy atom.